The van der Waals surface area contributed by atoms with Crippen molar-refractivity contribution in [3.63, 3.8) is 0 Å². The largest absolute Gasteiger partial charge is 0.481 e. The van der Waals surface area contributed by atoms with Gasteiger partial charge >= 0.3 is 5.97 Å². The van der Waals surface area contributed by atoms with Crippen LogP contribution < -0.4 is 0 Å². The average Bonchev–Trinajstić information content (AvgIpc) is 2.64. The summed E-state index contributed by atoms with van der Waals surface area (Å²) < 4.78 is 24.9. The van der Waals surface area contributed by atoms with Crippen molar-refractivity contribution >= 4 is 16.0 Å². The molecule has 1 N–H and O–H groups in total. The van der Waals surface area contributed by atoms with Crippen molar-refractivity contribution in [3.8, 4) is 0 Å². The molecule has 6 heteroatoms. The van der Waals surface area contributed by atoms with Crippen LogP contribution >= 0.6 is 0 Å². The molecule has 1 aliphatic heterocycles. The lowest BCUT2D eigenvalue weighted by Gasteiger charge is -2.23. The van der Waals surface area contributed by atoms with Crippen LogP contribution in [0.5, 0.6) is 0 Å². The smallest absolute Gasteiger partial charge is 0.311 e. The lowest BCUT2D eigenvalue weighted by molar-refractivity contribution is -0.148. The fraction of sp³-hybridized carbons (Fsp3) is 0.727. The lowest BCUT2D eigenvalue weighted by atomic mass is 9.83. The van der Waals surface area contributed by atoms with Crippen LogP contribution in [0.4, 0.5) is 0 Å². The van der Waals surface area contributed by atoms with E-state index in [1.807, 2.05) is 6.92 Å². The van der Waals surface area contributed by atoms with E-state index in [2.05, 4.69) is 6.58 Å². The highest BCUT2D eigenvalue weighted by atomic mass is 32.2. The number of aliphatic carboxylic acids is 1. The van der Waals surface area contributed by atoms with Gasteiger partial charge in [-0.15, -0.1) is 6.58 Å². The van der Waals surface area contributed by atoms with E-state index in [4.69, 9.17) is 0 Å². The summed E-state index contributed by atoms with van der Waals surface area (Å²) in [5.74, 6) is -1.02. The molecule has 0 radical (unpaired) electrons. The maximum Gasteiger partial charge on any atom is 0.311 e. The minimum Gasteiger partial charge on any atom is -0.481 e. The number of carbonyl (C=O) groups is 1. The van der Waals surface area contributed by atoms with E-state index in [0.717, 1.165) is 6.42 Å². The zero-order valence-corrected chi connectivity index (χ0v) is 10.9. The molecule has 1 atom stereocenters. The van der Waals surface area contributed by atoms with Crippen LogP contribution in [-0.4, -0.2) is 42.6 Å². The highest BCUT2D eigenvalue weighted by molar-refractivity contribution is 7.89. The second-order valence-corrected chi connectivity index (χ2v) is 6.50. The average molecular weight is 261 g/mol. The number of carboxylic acid groups (broad SMARTS) is 1. The quantitative estimate of drug-likeness (QED) is 0.726. The molecule has 0 aromatic heterocycles. The maximum atomic E-state index is 11.8. The Kier molecular flexibility index (Phi) is 4.32. The Morgan fingerprint density at radius 1 is 1.59 bits per heavy atom. The van der Waals surface area contributed by atoms with E-state index < -0.39 is 21.4 Å². The normalized spacial score (nSPS) is 25.9. The van der Waals surface area contributed by atoms with Crippen LogP contribution in [-0.2, 0) is 14.8 Å². The zero-order valence-electron chi connectivity index (χ0n) is 10.1. The molecule has 5 nitrogen and oxygen atoms in total. The second kappa shape index (κ2) is 5.18. The first-order valence-electron chi connectivity index (χ1n) is 5.70. The van der Waals surface area contributed by atoms with Crippen LogP contribution in [0.25, 0.3) is 0 Å². The number of hydrogen-bond acceptors (Lipinski definition) is 3. The Morgan fingerprint density at radius 2 is 2.24 bits per heavy atom. The van der Waals surface area contributed by atoms with Crippen molar-refractivity contribution in [2.75, 3.05) is 18.8 Å². The van der Waals surface area contributed by atoms with Gasteiger partial charge in [-0.25, -0.2) is 12.7 Å². The summed E-state index contributed by atoms with van der Waals surface area (Å²) in [4.78, 5) is 11.3. The predicted octanol–water partition coefficient (Wildman–Crippen LogP) is 1.08. The van der Waals surface area contributed by atoms with Crippen LogP contribution in [0.1, 0.15) is 26.2 Å². The van der Waals surface area contributed by atoms with Crippen molar-refractivity contribution in [1.29, 1.82) is 0 Å². The summed E-state index contributed by atoms with van der Waals surface area (Å²) in [6.45, 7) is 5.69. The van der Waals surface area contributed by atoms with E-state index >= 15 is 0 Å². The number of carboxylic acids is 1. The van der Waals surface area contributed by atoms with Gasteiger partial charge in [0, 0.05) is 13.1 Å². The summed E-state index contributed by atoms with van der Waals surface area (Å²) in [6, 6.07) is 0. The molecule has 1 fully saturated rings. The molecular weight excluding hydrogens is 242 g/mol. The standard InChI is InChI=1S/C11H19NO4S/c1-3-5-11(10(13)14)6-7-12(9-11)17(15,16)8-4-2/h4H,2-3,5-9H2,1H3,(H,13,14). The molecule has 1 aliphatic rings. The molecule has 1 saturated heterocycles. The lowest BCUT2D eigenvalue weighted by Crippen LogP contribution is -2.37. The first-order chi connectivity index (χ1) is 7.88. The van der Waals surface area contributed by atoms with Crippen LogP contribution in [0.3, 0.4) is 0 Å². The second-order valence-electron chi connectivity index (χ2n) is 4.49. The molecule has 1 heterocycles. The summed E-state index contributed by atoms with van der Waals surface area (Å²) >= 11 is 0. The Morgan fingerprint density at radius 3 is 2.71 bits per heavy atom. The first kappa shape index (κ1) is 14.2. The third-order valence-electron chi connectivity index (χ3n) is 3.22. The van der Waals surface area contributed by atoms with Crippen LogP contribution in [0, 0.1) is 5.41 Å². The van der Waals surface area contributed by atoms with Gasteiger partial charge in [0.25, 0.3) is 0 Å². The van der Waals surface area contributed by atoms with Crippen LogP contribution in [0.2, 0.25) is 0 Å². The van der Waals surface area contributed by atoms with E-state index in [1.54, 1.807) is 0 Å². The van der Waals surface area contributed by atoms with Gasteiger partial charge in [-0.3, -0.25) is 4.79 Å². The van der Waals surface area contributed by atoms with E-state index in [-0.39, 0.29) is 12.3 Å². The highest BCUT2D eigenvalue weighted by Crippen LogP contribution is 2.36. The fourth-order valence-corrected chi connectivity index (χ4v) is 3.61. The monoisotopic (exact) mass is 261 g/mol. The Labute approximate surface area is 102 Å². The molecule has 17 heavy (non-hydrogen) atoms. The maximum absolute atomic E-state index is 11.8. The SMILES string of the molecule is C=CCS(=O)(=O)N1CCC(CCC)(C(=O)O)C1. The summed E-state index contributed by atoms with van der Waals surface area (Å²) in [7, 11) is -3.38. The number of nitrogens with zero attached hydrogens (tertiary/aromatic N) is 1. The van der Waals surface area contributed by atoms with Gasteiger partial charge in [-0.1, -0.05) is 19.4 Å². The van der Waals surface area contributed by atoms with Gasteiger partial charge < -0.3 is 5.11 Å². The molecular formula is C11H19NO4S. The number of hydrogen-bond donors (Lipinski definition) is 1. The van der Waals surface area contributed by atoms with E-state index in [9.17, 15) is 18.3 Å². The van der Waals surface area contributed by atoms with Crippen molar-refractivity contribution in [1.82, 2.24) is 4.31 Å². The zero-order chi connectivity index (χ0) is 13.1. The van der Waals surface area contributed by atoms with Gasteiger partial charge in [-0.2, -0.15) is 0 Å². The molecule has 0 aromatic carbocycles. The Balaban J connectivity index is 2.87. The molecule has 1 unspecified atom stereocenters. The molecule has 1 rings (SSSR count). The molecule has 0 bridgehead atoms. The van der Waals surface area contributed by atoms with Gasteiger partial charge in [0.2, 0.25) is 10.0 Å². The molecule has 98 valence electrons. The molecule has 0 amide bonds. The first-order valence-corrected chi connectivity index (χ1v) is 7.31. The summed E-state index contributed by atoms with van der Waals surface area (Å²) in [5, 5.41) is 9.27. The molecule has 0 aliphatic carbocycles. The van der Waals surface area contributed by atoms with Crippen molar-refractivity contribution in [2.45, 2.75) is 26.2 Å². The van der Waals surface area contributed by atoms with Gasteiger partial charge in [0.15, 0.2) is 0 Å². The minimum atomic E-state index is -3.38. The number of rotatable bonds is 6. The van der Waals surface area contributed by atoms with Gasteiger partial charge in [0.05, 0.1) is 11.2 Å². The fourth-order valence-electron chi connectivity index (χ4n) is 2.29. The summed E-state index contributed by atoms with van der Waals surface area (Å²) in [5.41, 5.74) is -0.900. The molecule has 0 aromatic rings. The van der Waals surface area contributed by atoms with Crippen molar-refractivity contribution in [3.05, 3.63) is 12.7 Å². The topological polar surface area (TPSA) is 74.7 Å². The van der Waals surface area contributed by atoms with Gasteiger partial charge in [0.1, 0.15) is 0 Å². The van der Waals surface area contributed by atoms with E-state index in [1.165, 1.54) is 10.4 Å². The molecule has 0 saturated carbocycles. The van der Waals surface area contributed by atoms with E-state index in [0.29, 0.717) is 19.4 Å². The number of sulfonamides is 1. The third-order valence-corrected chi connectivity index (χ3v) is 4.98. The molecule has 0 spiro atoms. The Hall–Kier alpha value is -0.880. The minimum absolute atomic E-state index is 0.0896. The summed E-state index contributed by atoms with van der Waals surface area (Å²) in [6.07, 6.45) is 2.98. The van der Waals surface area contributed by atoms with Gasteiger partial charge in [-0.05, 0) is 12.8 Å². The highest BCUT2D eigenvalue weighted by Gasteiger charge is 2.46. The van der Waals surface area contributed by atoms with Crippen LogP contribution in [0.15, 0.2) is 12.7 Å². The Bertz CT molecular complexity index is 404. The van der Waals surface area contributed by atoms with Crippen molar-refractivity contribution < 1.29 is 18.3 Å². The third kappa shape index (κ3) is 2.87. The van der Waals surface area contributed by atoms with Crippen molar-refractivity contribution in [2.24, 2.45) is 5.41 Å². The predicted molar refractivity (Wildman–Crippen MR) is 65.2 cm³/mol.